The van der Waals surface area contributed by atoms with Gasteiger partial charge in [0.15, 0.2) is 5.16 Å². The Bertz CT molecular complexity index is 601. The van der Waals surface area contributed by atoms with E-state index in [2.05, 4.69) is 15.5 Å². The average Bonchev–Trinajstić information content (AvgIpc) is 2.76. The van der Waals surface area contributed by atoms with Crippen LogP contribution in [0.2, 0.25) is 5.02 Å². The van der Waals surface area contributed by atoms with Gasteiger partial charge in [0.05, 0.1) is 17.1 Å². The van der Waals surface area contributed by atoms with Gasteiger partial charge in [-0.25, -0.2) is 0 Å². The predicted molar refractivity (Wildman–Crippen MR) is 76.2 cm³/mol. The summed E-state index contributed by atoms with van der Waals surface area (Å²) in [5.41, 5.74) is 6.74. The van der Waals surface area contributed by atoms with Crippen molar-refractivity contribution in [3.8, 4) is 0 Å². The molecule has 0 radical (unpaired) electrons. The van der Waals surface area contributed by atoms with Crippen molar-refractivity contribution in [1.82, 2.24) is 14.8 Å². The van der Waals surface area contributed by atoms with Crippen LogP contribution in [-0.2, 0) is 11.8 Å². The average molecular weight is 298 g/mol. The third kappa shape index (κ3) is 3.62. The van der Waals surface area contributed by atoms with Gasteiger partial charge in [-0.1, -0.05) is 23.4 Å². The van der Waals surface area contributed by atoms with E-state index in [1.165, 1.54) is 11.8 Å². The Balaban J connectivity index is 1.93. The number of nitrogens with one attached hydrogen (secondary N) is 1. The van der Waals surface area contributed by atoms with Gasteiger partial charge in [0.2, 0.25) is 5.91 Å². The van der Waals surface area contributed by atoms with Crippen LogP contribution in [0.4, 0.5) is 11.4 Å². The molecule has 0 aliphatic rings. The van der Waals surface area contributed by atoms with Gasteiger partial charge in [0, 0.05) is 12.1 Å². The Hall–Kier alpha value is -1.73. The lowest BCUT2D eigenvalue weighted by atomic mass is 10.2. The predicted octanol–water partition coefficient (Wildman–Crippen LogP) is 1.78. The zero-order valence-electron chi connectivity index (χ0n) is 10.1. The molecule has 100 valence electrons. The number of hydrogen-bond acceptors (Lipinski definition) is 5. The van der Waals surface area contributed by atoms with E-state index in [1.807, 2.05) is 7.05 Å². The molecule has 6 nitrogen and oxygen atoms in total. The number of anilines is 2. The molecule has 1 amide bonds. The molecule has 0 aliphatic heterocycles. The highest BCUT2D eigenvalue weighted by Crippen LogP contribution is 2.23. The summed E-state index contributed by atoms with van der Waals surface area (Å²) in [4.78, 5) is 11.8. The minimum atomic E-state index is -0.165. The summed E-state index contributed by atoms with van der Waals surface area (Å²) in [6.07, 6.45) is 1.58. The molecule has 0 fully saturated rings. The topological polar surface area (TPSA) is 85.8 Å². The number of nitrogen functional groups attached to an aromatic ring is 1. The van der Waals surface area contributed by atoms with Crippen molar-refractivity contribution in [1.29, 1.82) is 0 Å². The van der Waals surface area contributed by atoms with Crippen LogP contribution in [0.25, 0.3) is 0 Å². The lowest BCUT2D eigenvalue weighted by molar-refractivity contribution is -0.113. The number of benzene rings is 1. The number of hydrogen-bond donors (Lipinski definition) is 2. The van der Waals surface area contributed by atoms with E-state index in [4.69, 9.17) is 17.3 Å². The number of halogens is 1. The van der Waals surface area contributed by atoms with Crippen LogP contribution in [0.3, 0.4) is 0 Å². The largest absolute Gasteiger partial charge is 0.397 e. The lowest BCUT2D eigenvalue weighted by Crippen LogP contribution is -2.15. The number of nitrogens with two attached hydrogens (primary N) is 1. The lowest BCUT2D eigenvalue weighted by Gasteiger charge is -2.08. The molecule has 0 bridgehead atoms. The Morgan fingerprint density at radius 1 is 1.58 bits per heavy atom. The fraction of sp³-hybridized carbons (Fsp3) is 0.182. The molecule has 1 heterocycles. The molecule has 0 saturated heterocycles. The number of thioether (sulfide) groups is 1. The third-order valence-corrected chi connectivity index (χ3v) is 3.56. The minimum absolute atomic E-state index is 0.165. The van der Waals surface area contributed by atoms with E-state index in [0.29, 0.717) is 21.6 Å². The molecule has 0 saturated carbocycles. The van der Waals surface area contributed by atoms with Gasteiger partial charge in [-0.15, -0.1) is 10.2 Å². The molecule has 3 N–H and O–H groups in total. The first-order valence-electron chi connectivity index (χ1n) is 5.38. The molecule has 0 atom stereocenters. The standard InChI is InChI=1S/C11H12ClN5OS/c1-17-6-14-16-11(17)19-5-10(18)15-9-3-2-7(12)4-8(9)13/h2-4,6H,5,13H2,1H3,(H,15,18). The molecule has 1 aromatic heterocycles. The van der Waals surface area contributed by atoms with Crippen LogP contribution in [0.15, 0.2) is 29.7 Å². The van der Waals surface area contributed by atoms with Gasteiger partial charge in [-0.2, -0.15) is 0 Å². The normalized spacial score (nSPS) is 10.4. The number of nitrogens with zero attached hydrogens (tertiary/aromatic N) is 3. The van der Waals surface area contributed by atoms with Crippen molar-refractivity contribution < 1.29 is 4.79 Å². The number of aromatic nitrogens is 3. The van der Waals surface area contributed by atoms with Gasteiger partial charge in [0.1, 0.15) is 6.33 Å². The second kappa shape index (κ2) is 5.94. The summed E-state index contributed by atoms with van der Waals surface area (Å²) >= 11 is 7.09. The first-order valence-corrected chi connectivity index (χ1v) is 6.74. The second-order valence-electron chi connectivity index (χ2n) is 3.79. The summed E-state index contributed by atoms with van der Waals surface area (Å²) in [5.74, 6) is 0.0660. The monoisotopic (exact) mass is 297 g/mol. The van der Waals surface area contributed by atoms with E-state index < -0.39 is 0 Å². The van der Waals surface area contributed by atoms with Gasteiger partial charge >= 0.3 is 0 Å². The molecule has 0 aliphatic carbocycles. The molecule has 0 spiro atoms. The van der Waals surface area contributed by atoms with E-state index >= 15 is 0 Å². The summed E-state index contributed by atoms with van der Waals surface area (Å²) < 4.78 is 1.74. The fourth-order valence-electron chi connectivity index (χ4n) is 1.37. The highest BCUT2D eigenvalue weighted by molar-refractivity contribution is 7.99. The number of rotatable bonds is 4. The number of aryl methyl sites for hydroxylation is 1. The van der Waals surface area contributed by atoms with Crippen molar-refractivity contribution in [2.24, 2.45) is 7.05 Å². The highest BCUT2D eigenvalue weighted by atomic mass is 35.5. The van der Waals surface area contributed by atoms with E-state index in [0.717, 1.165) is 0 Å². The molecule has 0 unspecified atom stereocenters. The Morgan fingerprint density at radius 3 is 3.00 bits per heavy atom. The Labute approximate surface area is 119 Å². The fourth-order valence-corrected chi connectivity index (χ4v) is 2.24. The van der Waals surface area contributed by atoms with Gasteiger partial charge in [-0.05, 0) is 18.2 Å². The van der Waals surface area contributed by atoms with E-state index in [-0.39, 0.29) is 11.7 Å². The maximum Gasteiger partial charge on any atom is 0.234 e. The Kier molecular flexibility index (Phi) is 4.28. The molecular weight excluding hydrogens is 286 g/mol. The van der Waals surface area contributed by atoms with Crippen LogP contribution in [0.5, 0.6) is 0 Å². The van der Waals surface area contributed by atoms with Crippen LogP contribution < -0.4 is 11.1 Å². The summed E-state index contributed by atoms with van der Waals surface area (Å²) in [6, 6.07) is 4.93. The Morgan fingerprint density at radius 2 is 2.37 bits per heavy atom. The van der Waals surface area contributed by atoms with Crippen molar-refractivity contribution in [2.45, 2.75) is 5.16 Å². The quantitative estimate of drug-likeness (QED) is 0.663. The molecule has 2 rings (SSSR count). The van der Waals surface area contributed by atoms with Crippen LogP contribution in [-0.4, -0.2) is 26.4 Å². The molecule has 1 aromatic carbocycles. The van der Waals surface area contributed by atoms with E-state index in [9.17, 15) is 4.79 Å². The molecule has 2 aromatic rings. The molecule has 19 heavy (non-hydrogen) atoms. The highest BCUT2D eigenvalue weighted by Gasteiger charge is 2.08. The van der Waals surface area contributed by atoms with Crippen molar-refractivity contribution >= 4 is 40.6 Å². The van der Waals surface area contributed by atoms with E-state index in [1.54, 1.807) is 29.1 Å². The van der Waals surface area contributed by atoms with Crippen LogP contribution in [0.1, 0.15) is 0 Å². The maximum absolute atomic E-state index is 11.8. The summed E-state index contributed by atoms with van der Waals surface area (Å²) in [7, 11) is 1.82. The van der Waals surface area contributed by atoms with Crippen LogP contribution in [0, 0.1) is 0 Å². The number of carbonyl (C=O) groups excluding carboxylic acids is 1. The minimum Gasteiger partial charge on any atom is -0.397 e. The smallest absolute Gasteiger partial charge is 0.234 e. The SMILES string of the molecule is Cn1cnnc1SCC(=O)Nc1ccc(Cl)cc1N. The maximum atomic E-state index is 11.8. The number of carbonyl (C=O) groups is 1. The van der Waals surface area contributed by atoms with Crippen molar-refractivity contribution in [3.05, 3.63) is 29.5 Å². The van der Waals surface area contributed by atoms with Crippen molar-refractivity contribution in [3.63, 3.8) is 0 Å². The molecule has 8 heteroatoms. The first kappa shape index (κ1) is 13.7. The second-order valence-corrected chi connectivity index (χ2v) is 5.17. The van der Waals surface area contributed by atoms with Gasteiger partial charge in [0.25, 0.3) is 0 Å². The summed E-state index contributed by atoms with van der Waals surface area (Å²) in [6.45, 7) is 0. The summed E-state index contributed by atoms with van der Waals surface area (Å²) in [5, 5.41) is 11.5. The molecular formula is C11H12ClN5OS. The van der Waals surface area contributed by atoms with Gasteiger partial charge in [-0.3, -0.25) is 4.79 Å². The number of amides is 1. The van der Waals surface area contributed by atoms with Gasteiger partial charge < -0.3 is 15.6 Å². The zero-order chi connectivity index (χ0) is 13.8. The zero-order valence-corrected chi connectivity index (χ0v) is 11.7. The third-order valence-electron chi connectivity index (χ3n) is 2.29. The van der Waals surface area contributed by atoms with Crippen LogP contribution >= 0.6 is 23.4 Å². The van der Waals surface area contributed by atoms with Crippen molar-refractivity contribution in [2.75, 3.05) is 16.8 Å². The first-order chi connectivity index (χ1) is 9.06.